The van der Waals surface area contributed by atoms with E-state index in [9.17, 15) is 14.0 Å². The molecule has 0 aromatic heterocycles. The number of benzene rings is 1. The highest BCUT2D eigenvalue weighted by Crippen LogP contribution is 2.13. The van der Waals surface area contributed by atoms with Crippen LogP contribution in [0.4, 0.5) is 4.39 Å². The molecular weight excluding hydrogens is 249 g/mol. The summed E-state index contributed by atoms with van der Waals surface area (Å²) in [6.07, 6.45) is 2.81. The number of carbonyl (C=O) groups excluding carboxylic acids is 1. The van der Waals surface area contributed by atoms with Gasteiger partial charge >= 0.3 is 5.97 Å². The molecular formula is C14H16FNO3. The van der Waals surface area contributed by atoms with E-state index in [2.05, 4.69) is 5.32 Å². The Kier molecular flexibility index (Phi) is 4.80. The van der Waals surface area contributed by atoms with Gasteiger partial charge in [0.1, 0.15) is 5.82 Å². The first kappa shape index (κ1) is 14.9. The monoisotopic (exact) mass is 265 g/mol. The maximum Gasteiger partial charge on any atom is 0.310 e. The lowest BCUT2D eigenvalue weighted by atomic mass is 9.94. The number of carboxylic acids is 1. The lowest BCUT2D eigenvalue weighted by Crippen LogP contribution is -2.38. The average Bonchev–Trinajstić information content (AvgIpc) is 2.35. The van der Waals surface area contributed by atoms with Crippen LogP contribution in [0.2, 0.25) is 0 Å². The maximum atomic E-state index is 12.7. The highest BCUT2D eigenvalue weighted by Gasteiger charge is 2.27. The summed E-state index contributed by atoms with van der Waals surface area (Å²) >= 11 is 0. The van der Waals surface area contributed by atoms with Crippen LogP contribution in [0.5, 0.6) is 0 Å². The van der Waals surface area contributed by atoms with Gasteiger partial charge in [0, 0.05) is 12.6 Å². The maximum absolute atomic E-state index is 12.7. The summed E-state index contributed by atoms with van der Waals surface area (Å²) in [5.41, 5.74) is -0.326. The van der Waals surface area contributed by atoms with Gasteiger partial charge in [-0.1, -0.05) is 12.1 Å². The van der Waals surface area contributed by atoms with E-state index in [1.165, 1.54) is 38.1 Å². The summed E-state index contributed by atoms with van der Waals surface area (Å²) < 4.78 is 12.7. The van der Waals surface area contributed by atoms with Gasteiger partial charge in [0.05, 0.1) is 5.41 Å². The SMILES string of the molecule is CC(C)(CNC(=O)/C=C/c1ccc(F)cc1)C(=O)O. The number of amides is 1. The van der Waals surface area contributed by atoms with E-state index in [0.717, 1.165) is 0 Å². The van der Waals surface area contributed by atoms with Gasteiger partial charge < -0.3 is 10.4 Å². The molecule has 0 saturated carbocycles. The lowest BCUT2D eigenvalue weighted by Gasteiger charge is -2.18. The average molecular weight is 265 g/mol. The third kappa shape index (κ3) is 4.91. The van der Waals surface area contributed by atoms with Crippen molar-refractivity contribution in [1.29, 1.82) is 0 Å². The normalized spacial score (nSPS) is 11.5. The third-order valence-corrected chi connectivity index (χ3v) is 2.58. The van der Waals surface area contributed by atoms with Crippen LogP contribution in [0.15, 0.2) is 30.3 Å². The van der Waals surface area contributed by atoms with Crippen molar-refractivity contribution in [2.75, 3.05) is 6.54 Å². The van der Waals surface area contributed by atoms with Crippen molar-refractivity contribution in [3.63, 3.8) is 0 Å². The van der Waals surface area contributed by atoms with E-state index in [0.29, 0.717) is 5.56 Å². The van der Waals surface area contributed by atoms with Crippen LogP contribution in [-0.2, 0) is 9.59 Å². The second kappa shape index (κ2) is 6.13. The van der Waals surface area contributed by atoms with Crippen LogP contribution in [0.3, 0.4) is 0 Å². The highest BCUT2D eigenvalue weighted by atomic mass is 19.1. The Morgan fingerprint density at radius 3 is 2.42 bits per heavy atom. The molecule has 0 saturated heterocycles. The first-order chi connectivity index (χ1) is 8.81. The van der Waals surface area contributed by atoms with Crippen molar-refractivity contribution < 1.29 is 19.1 Å². The zero-order chi connectivity index (χ0) is 14.5. The molecule has 0 spiro atoms. The van der Waals surface area contributed by atoms with Gasteiger partial charge in [-0.05, 0) is 37.6 Å². The molecule has 1 aromatic rings. The Morgan fingerprint density at radius 2 is 1.89 bits per heavy atom. The van der Waals surface area contributed by atoms with Gasteiger partial charge in [0.15, 0.2) is 0 Å². The van der Waals surface area contributed by atoms with Gasteiger partial charge in [-0.15, -0.1) is 0 Å². The van der Waals surface area contributed by atoms with Crippen molar-refractivity contribution >= 4 is 18.0 Å². The second-order valence-corrected chi connectivity index (χ2v) is 4.79. The molecule has 0 radical (unpaired) electrons. The smallest absolute Gasteiger partial charge is 0.310 e. The zero-order valence-corrected chi connectivity index (χ0v) is 10.8. The van der Waals surface area contributed by atoms with Gasteiger partial charge in [-0.3, -0.25) is 9.59 Å². The first-order valence-electron chi connectivity index (χ1n) is 5.76. The quantitative estimate of drug-likeness (QED) is 0.801. The standard InChI is InChI=1S/C14H16FNO3/c1-14(2,13(18)19)9-16-12(17)8-5-10-3-6-11(15)7-4-10/h3-8H,9H2,1-2H3,(H,16,17)(H,18,19)/b8-5+. The van der Waals surface area contributed by atoms with E-state index in [1.807, 2.05) is 0 Å². The van der Waals surface area contributed by atoms with Gasteiger partial charge in [0.25, 0.3) is 0 Å². The van der Waals surface area contributed by atoms with E-state index in [-0.39, 0.29) is 12.4 Å². The first-order valence-corrected chi connectivity index (χ1v) is 5.76. The number of aliphatic carboxylic acids is 1. The summed E-state index contributed by atoms with van der Waals surface area (Å²) in [7, 11) is 0. The highest BCUT2D eigenvalue weighted by molar-refractivity contribution is 5.92. The van der Waals surface area contributed by atoms with Gasteiger partial charge in [-0.25, -0.2) is 4.39 Å². The van der Waals surface area contributed by atoms with Crippen molar-refractivity contribution in [2.24, 2.45) is 5.41 Å². The molecule has 4 nitrogen and oxygen atoms in total. The number of rotatable bonds is 5. The molecule has 1 amide bonds. The Bertz CT molecular complexity index is 492. The van der Waals surface area contributed by atoms with Gasteiger partial charge in [-0.2, -0.15) is 0 Å². The largest absolute Gasteiger partial charge is 0.481 e. The van der Waals surface area contributed by atoms with Crippen LogP contribution in [0.25, 0.3) is 6.08 Å². The topological polar surface area (TPSA) is 66.4 Å². The molecule has 1 aromatic carbocycles. The molecule has 0 atom stereocenters. The van der Waals surface area contributed by atoms with Crippen LogP contribution in [0.1, 0.15) is 19.4 Å². The van der Waals surface area contributed by atoms with E-state index < -0.39 is 17.3 Å². The van der Waals surface area contributed by atoms with Crippen molar-refractivity contribution in [1.82, 2.24) is 5.32 Å². The minimum atomic E-state index is -1.01. The molecule has 0 fully saturated rings. The number of hydrogen-bond donors (Lipinski definition) is 2. The number of carbonyl (C=O) groups is 2. The molecule has 102 valence electrons. The zero-order valence-electron chi connectivity index (χ0n) is 10.8. The molecule has 5 heteroatoms. The molecule has 0 aliphatic rings. The van der Waals surface area contributed by atoms with E-state index >= 15 is 0 Å². The minimum Gasteiger partial charge on any atom is -0.481 e. The Balaban J connectivity index is 2.52. The Hall–Kier alpha value is -2.17. The molecule has 0 aliphatic carbocycles. The summed E-state index contributed by atoms with van der Waals surface area (Å²) in [4.78, 5) is 22.3. The van der Waals surface area contributed by atoms with Gasteiger partial charge in [0.2, 0.25) is 5.91 Å². The van der Waals surface area contributed by atoms with Crippen molar-refractivity contribution in [3.05, 3.63) is 41.7 Å². The molecule has 0 unspecified atom stereocenters. The predicted octanol–water partition coefficient (Wildman–Crippen LogP) is 2.07. The summed E-state index contributed by atoms with van der Waals surface area (Å²) in [6, 6.07) is 5.68. The number of nitrogens with one attached hydrogen (secondary N) is 1. The molecule has 0 aliphatic heterocycles. The third-order valence-electron chi connectivity index (χ3n) is 2.58. The Labute approximate surface area is 110 Å². The summed E-state index contributed by atoms with van der Waals surface area (Å²) in [5, 5.41) is 11.4. The number of carboxylic acid groups (broad SMARTS) is 1. The number of hydrogen-bond acceptors (Lipinski definition) is 2. The molecule has 0 bridgehead atoms. The second-order valence-electron chi connectivity index (χ2n) is 4.79. The minimum absolute atomic E-state index is 0.0366. The Morgan fingerprint density at radius 1 is 1.32 bits per heavy atom. The molecule has 2 N–H and O–H groups in total. The fourth-order valence-electron chi connectivity index (χ4n) is 1.19. The van der Waals surface area contributed by atoms with Crippen LogP contribution in [-0.4, -0.2) is 23.5 Å². The fourth-order valence-corrected chi connectivity index (χ4v) is 1.19. The molecule has 19 heavy (non-hydrogen) atoms. The van der Waals surface area contributed by atoms with Crippen LogP contribution >= 0.6 is 0 Å². The van der Waals surface area contributed by atoms with E-state index in [1.54, 1.807) is 12.1 Å². The van der Waals surface area contributed by atoms with Crippen molar-refractivity contribution in [3.8, 4) is 0 Å². The summed E-state index contributed by atoms with van der Waals surface area (Å²) in [5.74, 6) is -1.71. The molecule has 0 heterocycles. The number of halogens is 1. The van der Waals surface area contributed by atoms with Crippen LogP contribution < -0.4 is 5.32 Å². The van der Waals surface area contributed by atoms with Crippen LogP contribution in [0, 0.1) is 11.2 Å². The predicted molar refractivity (Wildman–Crippen MR) is 69.9 cm³/mol. The van der Waals surface area contributed by atoms with Crippen molar-refractivity contribution in [2.45, 2.75) is 13.8 Å². The van der Waals surface area contributed by atoms with E-state index in [4.69, 9.17) is 5.11 Å². The molecule has 1 rings (SSSR count). The lowest BCUT2D eigenvalue weighted by molar-refractivity contribution is -0.146. The fraction of sp³-hybridized carbons (Fsp3) is 0.286. The summed E-state index contributed by atoms with van der Waals surface area (Å²) in [6.45, 7) is 3.09.